The number of carbonyl (C=O) groups excluding carboxylic acids is 1. The lowest BCUT2D eigenvalue weighted by atomic mass is 9.89. The van der Waals surface area contributed by atoms with Gasteiger partial charge in [-0.05, 0) is 34.4 Å². The van der Waals surface area contributed by atoms with Crippen molar-refractivity contribution in [3.8, 4) is 11.1 Å². The van der Waals surface area contributed by atoms with Crippen LogP contribution in [-0.4, -0.2) is 28.0 Å². The first-order valence-corrected chi connectivity index (χ1v) is 11.1. The molecule has 0 aliphatic heterocycles. The number of hydrogen-bond acceptors (Lipinski definition) is 3. The van der Waals surface area contributed by atoms with Gasteiger partial charge in [-0.15, -0.1) is 0 Å². The molecule has 0 bridgehead atoms. The maximum Gasteiger partial charge on any atom is 0.327 e. The van der Waals surface area contributed by atoms with Crippen LogP contribution in [0.4, 0.5) is 0 Å². The Balaban J connectivity index is 1.49. The minimum absolute atomic E-state index is 0.427. The van der Waals surface area contributed by atoms with Crippen molar-refractivity contribution in [2.45, 2.75) is 12.0 Å². The highest BCUT2D eigenvalue weighted by Crippen LogP contribution is 2.46. The standard InChI is InChI=1S/C29H20N2O3/c32-28(26-21-13-5-7-15-23(21)30-24-16-8-6-14-22(24)26)31-27(29(33)34)25-19-11-3-1-9-17(19)18-10-2-4-12-20(18)25/h1-16,25,27H,(H,31,32)(H,33,34)/t27-/m1/s1. The average Bonchev–Trinajstić information content (AvgIpc) is 3.19. The largest absolute Gasteiger partial charge is 0.480 e. The zero-order valence-corrected chi connectivity index (χ0v) is 18.1. The monoisotopic (exact) mass is 444 g/mol. The Morgan fingerprint density at radius 1 is 0.706 bits per heavy atom. The molecule has 1 aliphatic rings. The second kappa shape index (κ2) is 7.81. The number of aromatic nitrogens is 1. The van der Waals surface area contributed by atoms with Crippen molar-refractivity contribution in [1.29, 1.82) is 0 Å². The van der Waals surface area contributed by atoms with E-state index in [9.17, 15) is 14.7 Å². The maximum atomic E-state index is 13.8. The summed E-state index contributed by atoms with van der Waals surface area (Å²) in [6.45, 7) is 0. The molecule has 0 fully saturated rings. The number of nitrogens with zero attached hydrogens (tertiary/aromatic N) is 1. The number of nitrogens with one attached hydrogen (secondary N) is 1. The number of carbonyl (C=O) groups is 2. The van der Waals surface area contributed by atoms with E-state index in [4.69, 9.17) is 0 Å². The van der Waals surface area contributed by atoms with E-state index < -0.39 is 23.8 Å². The fourth-order valence-corrected chi connectivity index (χ4v) is 5.14. The Hall–Kier alpha value is -4.51. The van der Waals surface area contributed by atoms with Gasteiger partial charge in [0.25, 0.3) is 5.91 Å². The van der Waals surface area contributed by atoms with E-state index in [1.54, 1.807) is 0 Å². The minimum atomic E-state index is -1.14. The summed E-state index contributed by atoms with van der Waals surface area (Å²) in [6.07, 6.45) is 0. The fraction of sp³-hybridized carbons (Fsp3) is 0.0690. The molecule has 1 amide bonds. The van der Waals surface area contributed by atoms with Crippen LogP contribution in [0.1, 0.15) is 27.4 Å². The van der Waals surface area contributed by atoms with Gasteiger partial charge in [0, 0.05) is 16.7 Å². The van der Waals surface area contributed by atoms with Crippen molar-refractivity contribution in [2.24, 2.45) is 0 Å². The van der Waals surface area contributed by atoms with Crippen LogP contribution in [-0.2, 0) is 4.79 Å². The quantitative estimate of drug-likeness (QED) is 0.365. The molecule has 6 rings (SSSR count). The molecular weight excluding hydrogens is 424 g/mol. The Morgan fingerprint density at radius 3 is 1.71 bits per heavy atom. The fourth-order valence-electron chi connectivity index (χ4n) is 5.14. The predicted molar refractivity (Wildman–Crippen MR) is 132 cm³/mol. The Labute approximate surface area is 195 Å². The number of aliphatic carboxylic acids is 1. The van der Waals surface area contributed by atoms with Gasteiger partial charge in [-0.2, -0.15) is 0 Å². The van der Waals surface area contributed by atoms with Gasteiger partial charge in [0.2, 0.25) is 0 Å². The van der Waals surface area contributed by atoms with Crippen molar-refractivity contribution < 1.29 is 14.7 Å². The molecule has 1 aliphatic carbocycles. The van der Waals surface area contributed by atoms with Crippen LogP contribution in [0.3, 0.4) is 0 Å². The highest BCUT2D eigenvalue weighted by molar-refractivity contribution is 6.16. The zero-order chi connectivity index (χ0) is 23.2. The molecule has 4 aromatic carbocycles. The number of para-hydroxylation sites is 2. The van der Waals surface area contributed by atoms with Crippen LogP contribution in [0.25, 0.3) is 32.9 Å². The van der Waals surface area contributed by atoms with Crippen LogP contribution in [0.2, 0.25) is 0 Å². The second-order valence-corrected chi connectivity index (χ2v) is 8.46. The van der Waals surface area contributed by atoms with Gasteiger partial charge in [0.05, 0.1) is 16.6 Å². The normalized spacial score (nSPS) is 13.4. The van der Waals surface area contributed by atoms with Crippen LogP contribution in [0.5, 0.6) is 0 Å². The third kappa shape index (κ3) is 3.05. The Morgan fingerprint density at radius 2 is 1.18 bits per heavy atom. The molecule has 0 saturated heterocycles. The van der Waals surface area contributed by atoms with Gasteiger partial charge in [0.1, 0.15) is 6.04 Å². The molecule has 5 heteroatoms. The second-order valence-electron chi connectivity index (χ2n) is 8.46. The van der Waals surface area contributed by atoms with Gasteiger partial charge in [-0.1, -0.05) is 84.9 Å². The molecular formula is C29H20N2O3. The molecule has 0 unspecified atom stereocenters. The molecule has 1 aromatic heterocycles. The topological polar surface area (TPSA) is 79.3 Å². The van der Waals surface area contributed by atoms with E-state index in [0.717, 1.165) is 22.3 Å². The molecule has 34 heavy (non-hydrogen) atoms. The van der Waals surface area contributed by atoms with Crippen molar-refractivity contribution in [3.05, 3.63) is 114 Å². The summed E-state index contributed by atoms with van der Waals surface area (Å²) in [5.74, 6) is -2.00. The van der Waals surface area contributed by atoms with Gasteiger partial charge >= 0.3 is 5.97 Å². The maximum absolute atomic E-state index is 13.8. The molecule has 0 saturated carbocycles. The zero-order valence-electron chi connectivity index (χ0n) is 18.1. The summed E-state index contributed by atoms with van der Waals surface area (Å²) < 4.78 is 0. The summed E-state index contributed by atoms with van der Waals surface area (Å²) in [7, 11) is 0. The number of pyridine rings is 1. The highest BCUT2D eigenvalue weighted by Gasteiger charge is 2.39. The lowest BCUT2D eigenvalue weighted by Gasteiger charge is -2.24. The average molecular weight is 444 g/mol. The smallest absolute Gasteiger partial charge is 0.327 e. The predicted octanol–water partition coefficient (Wildman–Crippen LogP) is 5.38. The van der Waals surface area contributed by atoms with E-state index in [2.05, 4.69) is 10.3 Å². The Kier molecular flexibility index (Phi) is 4.62. The van der Waals surface area contributed by atoms with Crippen LogP contribution in [0, 0.1) is 0 Å². The molecule has 1 heterocycles. The summed E-state index contributed by atoms with van der Waals surface area (Å²) in [6, 6.07) is 29.3. The van der Waals surface area contributed by atoms with Crippen LogP contribution in [0.15, 0.2) is 97.1 Å². The summed E-state index contributed by atoms with van der Waals surface area (Å²) in [5, 5.41) is 14.5. The van der Waals surface area contributed by atoms with Gasteiger partial charge < -0.3 is 10.4 Å². The van der Waals surface area contributed by atoms with Gasteiger partial charge in [-0.3, -0.25) is 4.79 Å². The molecule has 2 N–H and O–H groups in total. The first kappa shape index (κ1) is 20.1. The summed E-state index contributed by atoms with van der Waals surface area (Å²) >= 11 is 0. The lowest BCUT2D eigenvalue weighted by molar-refractivity contribution is -0.139. The number of carboxylic acid groups (broad SMARTS) is 1. The number of amides is 1. The van der Waals surface area contributed by atoms with Gasteiger partial charge in [-0.25, -0.2) is 9.78 Å². The molecule has 1 atom stereocenters. The van der Waals surface area contributed by atoms with E-state index in [-0.39, 0.29) is 0 Å². The van der Waals surface area contributed by atoms with Crippen molar-refractivity contribution in [1.82, 2.24) is 10.3 Å². The number of carboxylic acids is 1. The van der Waals surface area contributed by atoms with Crippen molar-refractivity contribution in [2.75, 3.05) is 0 Å². The molecule has 5 nitrogen and oxygen atoms in total. The van der Waals surface area contributed by atoms with Crippen LogP contribution >= 0.6 is 0 Å². The van der Waals surface area contributed by atoms with E-state index >= 15 is 0 Å². The third-order valence-electron chi connectivity index (χ3n) is 6.58. The number of fused-ring (bicyclic) bond motifs is 5. The first-order valence-electron chi connectivity index (χ1n) is 11.1. The number of benzene rings is 4. The molecule has 0 spiro atoms. The molecule has 5 aromatic rings. The summed E-state index contributed by atoms with van der Waals surface area (Å²) in [5.41, 5.74) is 5.63. The number of rotatable bonds is 4. The van der Waals surface area contributed by atoms with E-state index in [1.807, 2.05) is 97.1 Å². The minimum Gasteiger partial charge on any atom is -0.480 e. The SMILES string of the molecule is O=C(N[C@@H](C(=O)O)C1c2ccccc2-c2ccccc21)c1c2ccccc2nc2ccccc12. The third-order valence-corrected chi connectivity index (χ3v) is 6.58. The van der Waals surface area contributed by atoms with Gasteiger partial charge in [0.15, 0.2) is 0 Å². The highest BCUT2D eigenvalue weighted by atomic mass is 16.4. The van der Waals surface area contributed by atoms with Crippen molar-refractivity contribution in [3.63, 3.8) is 0 Å². The van der Waals surface area contributed by atoms with Crippen LogP contribution < -0.4 is 5.32 Å². The summed E-state index contributed by atoms with van der Waals surface area (Å²) in [4.78, 5) is 31.0. The lowest BCUT2D eigenvalue weighted by Crippen LogP contribution is -2.45. The number of hydrogen-bond donors (Lipinski definition) is 2. The molecule has 164 valence electrons. The molecule has 0 radical (unpaired) electrons. The first-order chi connectivity index (χ1) is 16.6. The van der Waals surface area contributed by atoms with Crippen molar-refractivity contribution >= 4 is 33.7 Å². The van der Waals surface area contributed by atoms with E-state index in [0.29, 0.717) is 27.4 Å². The van der Waals surface area contributed by atoms with E-state index in [1.165, 1.54) is 0 Å². The Bertz CT molecular complexity index is 1510.